The minimum Gasteiger partial charge on any atom is -0.507 e. The Bertz CT molecular complexity index is 1710. The van der Waals surface area contributed by atoms with Crippen molar-refractivity contribution in [3.05, 3.63) is 71.3 Å². The van der Waals surface area contributed by atoms with E-state index in [0.717, 1.165) is 4.70 Å². The Labute approximate surface area is 239 Å². The lowest BCUT2D eigenvalue weighted by Crippen LogP contribution is -2.29. The number of amides is 1. The zero-order valence-electron chi connectivity index (χ0n) is 22.2. The molecular weight excluding hydrogens is 548 g/mol. The van der Waals surface area contributed by atoms with Crippen LogP contribution in [0.5, 0.6) is 28.7 Å². The maximum Gasteiger partial charge on any atom is 0.301 e. The lowest BCUT2D eigenvalue weighted by atomic mass is 9.95. The van der Waals surface area contributed by atoms with Crippen LogP contribution in [0.15, 0.2) is 60.2 Å². The van der Waals surface area contributed by atoms with Crippen LogP contribution < -0.4 is 23.8 Å². The molecule has 210 valence electrons. The molecule has 1 fully saturated rings. The summed E-state index contributed by atoms with van der Waals surface area (Å²) >= 11 is 1.22. The summed E-state index contributed by atoms with van der Waals surface area (Å²) in [5.74, 6) is -0.405. The maximum atomic E-state index is 13.6. The first-order valence-electron chi connectivity index (χ1n) is 13.1. The van der Waals surface area contributed by atoms with Gasteiger partial charge in [0.25, 0.3) is 5.78 Å². The van der Waals surface area contributed by atoms with Crippen LogP contribution in [0.2, 0.25) is 0 Å². The average Bonchev–Trinajstić information content (AvgIpc) is 3.51. The summed E-state index contributed by atoms with van der Waals surface area (Å²) in [6, 6.07) is 13.7. The SMILES string of the molecule is CCOc1ccc2nc(N3C(=O)C(=O)/C(=C(/O)c4ccc5c(c4)OCCO5)[C@@H]3c3ccc(O)c(OCC)c3)sc2c1. The van der Waals surface area contributed by atoms with Crippen molar-refractivity contribution in [1.82, 2.24) is 4.98 Å². The molecule has 11 heteroatoms. The molecular formula is C30H26N2O8S. The van der Waals surface area contributed by atoms with E-state index in [4.69, 9.17) is 18.9 Å². The largest absolute Gasteiger partial charge is 0.507 e. The van der Waals surface area contributed by atoms with E-state index in [1.807, 2.05) is 13.0 Å². The van der Waals surface area contributed by atoms with Gasteiger partial charge in [0.2, 0.25) is 0 Å². The minimum absolute atomic E-state index is 0.0946. The van der Waals surface area contributed by atoms with Crippen molar-refractivity contribution in [3.8, 4) is 28.7 Å². The number of phenols is 1. The van der Waals surface area contributed by atoms with Crippen molar-refractivity contribution in [3.63, 3.8) is 0 Å². The number of ketones is 1. The first-order chi connectivity index (χ1) is 19.9. The van der Waals surface area contributed by atoms with E-state index in [9.17, 15) is 19.8 Å². The molecule has 1 atom stereocenters. The van der Waals surface area contributed by atoms with Crippen LogP contribution in [0.4, 0.5) is 5.13 Å². The van der Waals surface area contributed by atoms with E-state index in [0.29, 0.717) is 48.1 Å². The predicted octanol–water partition coefficient (Wildman–Crippen LogP) is 5.20. The second kappa shape index (κ2) is 10.7. The molecule has 3 heterocycles. The number of aliphatic hydroxyl groups is 1. The quantitative estimate of drug-likeness (QED) is 0.174. The molecule has 1 amide bonds. The summed E-state index contributed by atoms with van der Waals surface area (Å²) in [5.41, 5.74) is 1.22. The van der Waals surface area contributed by atoms with Crippen LogP contribution in [0.25, 0.3) is 16.0 Å². The van der Waals surface area contributed by atoms with E-state index in [2.05, 4.69) is 4.98 Å². The monoisotopic (exact) mass is 574 g/mol. The fraction of sp³-hybridized carbons (Fsp3) is 0.233. The molecule has 2 aliphatic rings. The number of hydrogen-bond acceptors (Lipinski definition) is 10. The zero-order chi connectivity index (χ0) is 28.7. The molecule has 2 N–H and O–H groups in total. The summed E-state index contributed by atoms with van der Waals surface area (Å²) in [7, 11) is 0. The first kappa shape index (κ1) is 26.5. The predicted molar refractivity (Wildman–Crippen MR) is 152 cm³/mol. The van der Waals surface area contributed by atoms with Crippen molar-refractivity contribution >= 4 is 44.1 Å². The normalized spacial score (nSPS) is 17.7. The van der Waals surface area contributed by atoms with Crippen LogP contribution >= 0.6 is 11.3 Å². The van der Waals surface area contributed by atoms with Gasteiger partial charge in [-0.2, -0.15) is 0 Å². The molecule has 4 aromatic rings. The molecule has 0 bridgehead atoms. The number of carbonyl (C=O) groups excluding carboxylic acids is 2. The lowest BCUT2D eigenvalue weighted by Gasteiger charge is -2.24. The molecule has 6 rings (SSSR count). The maximum absolute atomic E-state index is 13.6. The molecule has 3 aromatic carbocycles. The van der Waals surface area contributed by atoms with Crippen molar-refractivity contribution in [2.75, 3.05) is 31.3 Å². The highest BCUT2D eigenvalue weighted by Crippen LogP contribution is 2.46. The highest BCUT2D eigenvalue weighted by atomic mass is 32.1. The molecule has 41 heavy (non-hydrogen) atoms. The number of aromatic nitrogens is 1. The number of ether oxygens (including phenoxy) is 4. The van der Waals surface area contributed by atoms with Crippen molar-refractivity contribution in [2.45, 2.75) is 19.9 Å². The summed E-state index contributed by atoms with van der Waals surface area (Å²) in [4.78, 5) is 33.2. The summed E-state index contributed by atoms with van der Waals surface area (Å²) in [6.45, 7) is 5.19. The third-order valence-corrected chi connectivity index (χ3v) is 7.74. The summed E-state index contributed by atoms with van der Waals surface area (Å²) in [5, 5.41) is 22.2. The van der Waals surface area contributed by atoms with Gasteiger partial charge in [0.05, 0.1) is 35.0 Å². The number of aromatic hydroxyl groups is 1. The average molecular weight is 575 g/mol. The van der Waals surface area contributed by atoms with E-state index >= 15 is 0 Å². The highest BCUT2D eigenvalue weighted by molar-refractivity contribution is 7.22. The molecule has 0 aliphatic carbocycles. The Morgan fingerprint density at radius 3 is 2.56 bits per heavy atom. The van der Waals surface area contributed by atoms with E-state index in [1.54, 1.807) is 49.4 Å². The fourth-order valence-electron chi connectivity index (χ4n) is 4.92. The molecule has 10 nitrogen and oxygen atoms in total. The van der Waals surface area contributed by atoms with Gasteiger partial charge in [0, 0.05) is 5.56 Å². The third-order valence-electron chi connectivity index (χ3n) is 6.73. The number of aliphatic hydroxyl groups excluding tert-OH is 1. The minimum atomic E-state index is -1.06. The van der Waals surface area contributed by atoms with Crippen molar-refractivity contribution in [2.24, 2.45) is 0 Å². The Morgan fingerprint density at radius 1 is 1.00 bits per heavy atom. The topological polar surface area (TPSA) is 128 Å². The van der Waals surface area contributed by atoms with Gasteiger partial charge >= 0.3 is 5.91 Å². The molecule has 0 spiro atoms. The van der Waals surface area contributed by atoms with E-state index in [-0.39, 0.29) is 40.1 Å². The number of fused-ring (bicyclic) bond motifs is 2. The molecule has 0 unspecified atom stereocenters. The van der Waals surface area contributed by atoms with Crippen molar-refractivity contribution < 1.29 is 38.7 Å². The summed E-state index contributed by atoms with van der Waals surface area (Å²) in [6.07, 6.45) is 0. The number of anilines is 1. The smallest absolute Gasteiger partial charge is 0.301 e. The van der Waals surface area contributed by atoms with Gasteiger partial charge in [0.1, 0.15) is 24.7 Å². The van der Waals surface area contributed by atoms with Gasteiger partial charge in [0.15, 0.2) is 28.1 Å². The van der Waals surface area contributed by atoms with Gasteiger partial charge in [-0.1, -0.05) is 17.4 Å². The van der Waals surface area contributed by atoms with Crippen LogP contribution in [0.1, 0.15) is 31.0 Å². The number of phenolic OH excluding ortho intramolecular Hbond substituents is 1. The highest BCUT2D eigenvalue weighted by Gasteiger charge is 2.48. The number of Topliss-reactive ketones (excluding diaryl/α,β-unsaturated/α-hetero) is 1. The fourth-order valence-corrected chi connectivity index (χ4v) is 5.94. The number of hydrogen-bond donors (Lipinski definition) is 2. The Kier molecular flexibility index (Phi) is 6.88. The standard InChI is InChI=1S/C30H26N2O8S/c1-3-37-18-7-8-19-24(15-18)41-30(31-19)32-26(16-5-9-20(33)22(13-16)38-4-2)25(28(35)29(32)36)27(34)17-6-10-21-23(14-17)40-12-11-39-21/h5-10,13-15,26,33-34H,3-4,11-12H2,1-2H3/b27-25+/t26-/m0/s1. The Morgan fingerprint density at radius 2 is 1.78 bits per heavy atom. The zero-order valence-corrected chi connectivity index (χ0v) is 23.1. The lowest BCUT2D eigenvalue weighted by molar-refractivity contribution is -0.132. The first-order valence-corrected chi connectivity index (χ1v) is 13.9. The number of rotatable bonds is 7. The number of benzene rings is 3. The van der Waals surface area contributed by atoms with Crippen molar-refractivity contribution in [1.29, 1.82) is 0 Å². The second-order valence-electron chi connectivity index (χ2n) is 9.25. The second-order valence-corrected chi connectivity index (χ2v) is 10.3. The molecule has 2 aliphatic heterocycles. The molecule has 0 saturated carbocycles. The van der Waals surface area contributed by atoms with E-state index < -0.39 is 17.7 Å². The molecule has 1 saturated heterocycles. The van der Waals surface area contributed by atoms with Gasteiger partial charge in [-0.25, -0.2) is 4.98 Å². The Balaban J connectivity index is 1.53. The van der Waals surface area contributed by atoms with E-state index in [1.165, 1.54) is 22.3 Å². The van der Waals surface area contributed by atoms with Gasteiger partial charge in [-0.05, 0) is 67.9 Å². The van der Waals surface area contributed by atoms with Gasteiger partial charge < -0.3 is 29.2 Å². The van der Waals surface area contributed by atoms with Crippen LogP contribution in [-0.4, -0.2) is 53.3 Å². The van der Waals surface area contributed by atoms with Crippen LogP contribution in [0.3, 0.4) is 0 Å². The van der Waals surface area contributed by atoms with Gasteiger partial charge in [-0.3, -0.25) is 14.5 Å². The van der Waals surface area contributed by atoms with Crippen LogP contribution in [-0.2, 0) is 9.59 Å². The van der Waals surface area contributed by atoms with Gasteiger partial charge in [-0.15, -0.1) is 0 Å². The number of nitrogens with zero attached hydrogens (tertiary/aromatic N) is 2. The number of thiazole rings is 1. The summed E-state index contributed by atoms with van der Waals surface area (Å²) < 4.78 is 23.2. The number of carbonyl (C=O) groups is 2. The molecule has 0 radical (unpaired) electrons. The Hall–Kier alpha value is -4.77. The van der Waals surface area contributed by atoms with Crippen LogP contribution in [0, 0.1) is 0 Å². The third kappa shape index (κ3) is 4.67. The molecule has 1 aromatic heterocycles.